The van der Waals surface area contributed by atoms with Crippen LogP contribution < -0.4 is 0 Å². The van der Waals surface area contributed by atoms with Crippen LogP contribution in [-0.2, 0) is 14.3 Å². The summed E-state index contributed by atoms with van der Waals surface area (Å²) in [5, 5.41) is 9.52. The summed E-state index contributed by atoms with van der Waals surface area (Å²) < 4.78 is 11.1. The molecule has 1 unspecified atom stereocenters. The van der Waals surface area contributed by atoms with Crippen LogP contribution in [0.4, 0.5) is 0 Å². The van der Waals surface area contributed by atoms with Crippen molar-refractivity contribution in [2.75, 3.05) is 19.8 Å². The van der Waals surface area contributed by atoms with Crippen LogP contribution in [0.1, 0.15) is 200 Å². The van der Waals surface area contributed by atoms with E-state index in [1.165, 1.54) is 154 Å². The van der Waals surface area contributed by atoms with Gasteiger partial charge in [-0.25, -0.2) is 0 Å². The maximum Gasteiger partial charge on any atom is 0.306 e. The quantitative estimate of drug-likeness (QED) is 0.0430. The molecule has 4 nitrogen and oxygen atoms in total. The van der Waals surface area contributed by atoms with Gasteiger partial charge in [0.1, 0.15) is 6.10 Å². The fraction of sp³-hybridized carbons (Fsp3) is 0.875. The van der Waals surface area contributed by atoms with E-state index < -0.39 is 6.10 Å². The first kappa shape index (κ1) is 42.9. The second-order valence-corrected chi connectivity index (χ2v) is 13.0. The highest BCUT2D eigenvalue weighted by atomic mass is 16.6. The first-order valence-electron chi connectivity index (χ1n) is 19.4. The zero-order valence-corrected chi connectivity index (χ0v) is 29.7. The van der Waals surface area contributed by atoms with E-state index in [1.807, 2.05) is 0 Å². The fourth-order valence-corrected chi connectivity index (χ4v) is 5.59. The number of aliphatic hydroxyl groups excluding tert-OH is 1. The van der Waals surface area contributed by atoms with Crippen LogP contribution in [0.5, 0.6) is 0 Å². The molecule has 0 rings (SSSR count). The van der Waals surface area contributed by atoms with Gasteiger partial charge in [-0.15, -0.1) is 0 Å². The van der Waals surface area contributed by atoms with Crippen LogP contribution in [0.25, 0.3) is 0 Å². The zero-order valence-electron chi connectivity index (χ0n) is 29.7. The fourth-order valence-electron chi connectivity index (χ4n) is 5.59. The monoisotopic (exact) mass is 621 g/mol. The van der Waals surface area contributed by atoms with Crippen LogP contribution in [0.15, 0.2) is 24.3 Å². The highest BCUT2D eigenvalue weighted by molar-refractivity contribution is 5.69. The Bertz CT molecular complexity index is 614. The molecule has 1 atom stereocenters. The molecule has 0 radical (unpaired) electrons. The summed E-state index contributed by atoms with van der Waals surface area (Å²) >= 11 is 0. The van der Waals surface area contributed by atoms with E-state index >= 15 is 0 Å². The van der Waals surface area contributed by atoms with Crippen molar-refractivity contribution in [3.63, 3.8) is 0 Å². The molecule has 0 aliphatic carbocycles. The van der Waals surface area contributed by atoms with Crippen LogP contribution in [0.2, 0.25) is 0 Å². The van der Waals surface area contributed by atoms with E-state index in [1.54, 1.807) is 0 Å². The molecule has 1 N–H and O–H groups in total. The molecule has 260 valence electrons. The molecule has 0 saturated carbocycles. The second-order valence-electron chi connectivity index (χ2n) is 13.0. The Morgan fingerprint density at radius 3 is 1.41 bits per heavy atom. The Morgan fingerprint density at radius 1 is 0.545 bits per heavy atom. The number of unbranched alkanes of at least 4 members (excludes halogenated alkanes) is 24. The molecule has 0 aliphatic heterocycles. The van der Waals surface area contributed by atoms with Gasteiger partial charge in [0, 0.05) is 13.0 Å². The van der Waals surface area contributed by atoms with Crippen LogP contribution in [0, 0.1) is 0 Å². The molecule has 0 saturated heterocycles. The third-order valence-electron chi connectivity index (χ3n) is 8.53. The summed E-state index contributed by atoms with van der Waals surface area (Å²) in [7, 11) is 0. The molecule has 0 aromatic rings. The molecule has 0 fully saturated rings. The highest BCUT2D eigenvalue weighted by Crippen LogP contribution is 2.14. The van der Waals surface area contributed by atoms with Crippen molar-refractivity contribution in [1.29, 1.82) is 0 Å². The largest absolute Gasteiger partial charge is 0.457 e. The van der Waals surface area contributed by atoms with Gasteiger partial charge < -0.3 is 14.6 Å². The lowest BCUT2D eigenvalue weighted by Crippen LogP contribution is -2.27. The van der Waals surface area contributed by atoms with Gasteiger partial charge in [-0.3, -0.25) is 4.79 Å². The molecule has 0 spiro atoms. The Balaban J connectivity index is 3.36. The lowest BCUT2D eigenvalue weighted by molar-refractivity contribution is -0.154. The molecule has 44 heavy (non-hydrogen) atoms. The van der Waals surface area contributed by atoms with Crippen LogP contribution in [-0.4, -0.2) is 37.0 Å². The number of hydrogen-bond donors (Lipinski definition) is 1. The van der Waals surface area contributed by atoms with E-state index in [0.29, 0.717) is 19.6 Å². The van der Waals surface area contributed by atoms with E-state index in [9.17, 15) is 9.90 Å². The summed E-state index contributed by atoms with van der Waals surface area (Å²) in [6, 6.07) is 0. The normalized spacial score (nSPS) is 12.5. The average Bonchev–Trinajstić information content (AvgIpc) is 3.03. The molecule has 0 heterocycles. The van der Waals surface area contributed by atoms with Crippen LogP contribution >= 0.6 is 0 Å². The van der Waals surface area contributed by atoms with Gasteiger partial charge in [0.25, 0.3) is 0 Å². The lowest BCUT2D eigenvalue weighted by Gasteiger charge is -2.16. The Kier molecular flexibility index (Phi) is 37.1. The van der Waals surface area contributed by atoms with Gasteiger partial charge >= 0.3 is 5.97 Å². The first-order valence-corrected chi connectivity index (χ1v) is 19.4. The third-order valence-corrected chi connectivity index (χ3v) is 8.53. The van der Waals surface area contributed by atoms with Gasteiger partial charge in [0.05, 0.1) is 13.2 Å². The van der Waals surface area contributed by atoms with E-state index in [0.717, 1.165) is 25.7 Å². The van der Waals surface area contributed by atoms with Gasteiger partial charge in [-0.1, -0.05) is 173 Å². The molecular formula is C40H76O4. The topological polar surface area (TPSA) is 55.8 Å². The summed E-state index contributed by atoms with van der Waals surface area (Å²) in [5.41, 5.74) is 0. The van der Waals surface area contributed by atoms with Crippen molar-refractivity contribution < 1.29 is 19.4 Å². The number of ether oxygens (including phenoxy) is 2. The smallest absolute Gasteiger partial charge is 0.306 e. The van der Waals surface area contributed by atoms with Crippen molar-refractivity contribution in [3.8, 4) is 0 Å². The minimum absolute atomic E-state index is 0.169. The predicted molar refractivity (Wildman–Crippen MR) is 191 cm³/mol. The number of aliphatic hydroxyl groups is 1. The number of hydrogen-bond acceptors (Lipinski definition) is 4. The number of rotatable bonds is 36. The first-order chi connectivity index (χ1) is 21.7. The maximum atomic E-state index is 12.0. The van der Waals surface area contributed by atoms with Crippen molar-refractivity contribution in [1.82, 2.24) is 0 Å². The highest BCUT2D eigenvalue weighted by Gasteiger charge is 2.13. The third kappa shape index (κ3) is 35.4. The van der Waals surface area contributed by atoms with Gasteiger partial charge in [0.15, 0.2) is 0 Å². The van der Waals surface area contributed by atoms with Gasteiger partial charge in [-0.05, 0) is 44.9 Å². The molecule has 0 aromatic carbocycles. The van der Waals surface area contributed by atoms with Gasteiger partial charge in [0.2, 0.25) is 0 Å². The maximum absolute atomic E-state index is 12.0. The summed E-state index contributed by atoms with van der Waals surface area (Å²) in [6.07, 6.45) is 45.2. The summed E-state index contributed by atoms with van der Waals surface area (Å²) in [5.74, 6) is -0.205. The number of carbonyl (C=O) groups is 1. The summed E-state index contributed by atoms with van der Waals surface area (Å²) in [6.45, 7) is 5.32. The number of allylic oxidation sites excluding steroid dienone is 4. The molecule has 0 bridgehead atoms. The van der Waals surface area contributed by atoms with E-state index in [-0.39, 0.29) is 12.6 Å². The number of carbonyl (C=O) groups excluding carboxylic acids is 1. The Hall–Kier alpha value is -1.13. The van der Waals surface area contributed by atoms with Crippen molar-refractivity contribution in [3.05, 3.63) is 24.3 Å². The van der Waals surface area contributed by atoms with E-state index in [4.69, 9.17) is 9.47 Å². The lowest BCUT2D eigenvalue weighted by atomic mass is 10.0. The summed E-state index contributed by atoms with van der Waals surface area (Å²) in [4.78, 5) is 12.0. The molecule has 0 aliphatic rings. The predicted octanol–water partition coefficient (Wildman–Crippen LogP) is 12.4. The van der Waals surface area contributed by atoms with Crippen molar-refractivity contribution >= 4 is 5.97 Å². The second kappa shape index (κ2) is 38.1. The Labute approximate surface area is 275 Å². The van der Waals surface area contributed by atoms with E-state index in [2.05, 4.69) is 38.2 Å². The molecule has 0 aromatic heterocycles. The van der Waals surface area contributed by atoms with Crippen LogP contribution in [0.3, 0.4) is 0 Å². The average molecular weight is 621 g/mol. The standard InChI is InChI=1S/C40H76O4/c1-3-5-7-9-11-13-14-15-16-17-18-19-20-21-22-23-24-25-26-27-28-30-32-34-36-43-38-39(37-41)44-40(42)35-33-31-29-12-10-8-6-4-2/h14-15,17-18,39,41H,3-13,16,19-38H2,1-2H3/b15-14-,18-17-. The Morgan fingerprint density at radius 2 is 0.955 bits per heavy atom. The number of esters is 1. The molecular weight excluding hydrogens is 544 g/mol. The van der Waals surface area contributed by atoms with Gasteiger partial charge in [-0.2, -0.15) is 0 Å². The zero-order chi connectivity index (χ0) is 32.0. The molecule has 4 heteroatoms. The van der Waals surface area contributed by atoms with Crippen molar-refractivity contribution in [2.45, 2.75) is 206 Å². The minimum Gasteiger partial charge on any atom is -0.457 e. The van der Waals surface area contributed by atoms with Crippen molar-refractivity contribution in [2.24, 2.45) is 0 Å². The minimum atomic E-state index is -0.527. The molecule has 0 amide bonds. The SMILES string of the molecule is CCCCCCC/C=C\C/C=C\CCCCCCCCCCCCCCOCC(CO)OC(=O)CCCCCCCCCC.